The van der Waals surface area contributed by atoms with Gasteiger partial charge in [-0.15, -0.1) is 0 Å². The second kappa shape index (κ2) is 6.24. The molecule has 1 fully saturated rings. The molecule has 0 amide bonds. The fourth-order valence-corrected chi connectivity index (χ4v) is 2.65. The molecule has 4 atom stereocenters. The summed E-state index contributed by atoms with van der Waals surface area (Å²) in [6, 6.07) is 0. The molecule has 2 radical (unpaired) electrons. The molecule has 2 nitrogen and oxygen atoms in total. The summed E-state index contributed by atoms with van der Waals surface area (Å²) in [7, 11) is 5.91. The minimum atomic E-state index is -0.609. The second-order valence-electron chi connectivity index (χ2n) is 6.49. The first kappa shape index (κ1) is 15.0. The predicted octanol–water partition coefficient (Wildman–Crippen LogP) is 2.80. The number of aliphatic hydroxyl groups is 1. The van der Waals surface area contributed by atoms with E-state index < -0.39 is 5.31 Å². The topological polar surface area (TPSA) is 29.5 Å². The highest BCUT2D eigenvalue weighted by atomic mass is 16.5. The van der Waals surface area contributed by atoms with Crippen molar-refractivity contribution < 1.29 is 9.84 Å². The minimum Gasteiger partial charge on any atom is -0.397 e. The van der Waals surface area contributed by atoms with Crippen LogP contribution in [0.2, 0.25) is 5.31 Å². The number of ether oxygens (including phenoxy) is 1. The molecular formula is C14H27BO2. The summed E-state index contributed by atoms with van der Waals surface area (Å²) in [5, 5.41) is 8.54. The summed E-state index contributed by atoms with van der Waals surface area (Å²) in [6.45, 7) is 9.09. The monoisotopic (exact) mass is 238 g/mol. The van der Waals surface area contributed by atoms with Crippen molar-refractivity contribution in [3.63, 3.8) is 0 Å². The Kier molecular flexibility index (Phi) is 5.52. The number of rotatable bonds is 5. The standard InChI is InChI=1S/C14H27BO2/c1-10(2)12-6-5-11(3)7-13(12)17-9-14(4,15)8-16/h10-13,16H,5-9H2,1-4H3. The zero-order valence-electron chi connectivity index (χ0n) is 11.8. The van der Waals surface area contributed by atoms with E-state index in [1.54, 1.807) is 0 Å². The molecule has 0 bridgehead atoms. The van der Waals surface area contributed by atoms with Crippen molar-refractivity contribution in [1.82, 2.24) is 0 Å². The molecule has 3 heteroatoms. The first-order valence-corrected chi connectivity index (χ1v) is 6.87. The van der Waals surface area contributed by atoms with Gasteiger partial charge in [-0.05, 0) is 35.9 Å². The van der Waals surface area contributed by atoms with Crippen LogP contribution in [0.1, 0.15) is 47.0 Å². The molecule has 0 spiro atoms. The minimum absolute atomic E-state index is 0.0262. The molecule has 0 aromatic carbocycles. The lowest BCUT2D eigenvalue weighted by molar-refractivity contribution is -0.0513. The predicted molar refractivity (Wildman–Crippen MR) is 72.3 cm³/mol. The lowest BCUT2D eigenvalue weighted by Crippen LogP contribution is -2.36. The molecule has 1 N–H and O–H groups in total. The van der Waals surface area contributed by atoms with Gasteiger partial charge in [0, 0.05) is 13.2 Å². The third-order valence-corrected chi connectivity index (χ3v) is 3.95. The highest BCUT2D eigenvalue weighted by molar-refractivity contribution is 6.15. The molecule has 1 rings (SSSR count). The molecule has 1 aliphatic carbocycles. The molecule has 4 unspecified atom stereocenters. The highest BCUT2D eigenvalue weighted by Gasteiger charge is 2.32. The van der Waals surface area contributed by atoms with Gasteiger partial charge in [0.15, 0.2) is 0 Å². The molecule has 1 saturated carbocycles. The van der Waals surface area contributed by atoms with Crippen LogP contribution in [0.4, 0.5) is 0 Å². The van der Waals surface area contributed by atoms with Gasteiger partial charge in [-0.1, -0.05) is 34.1 Å². The maximum Gasteiger partial charge on any atom is 0.0805 e. The van der Waals surface area contributed by atoms with Crippen molar-refractivity contribution in [2.45, 2.75) is 58.4 Å². The van der Waals surface area contributed by atoms with E-state index in [2.05, 4.69) is 20.8 Å². The van der Waals surface area contributed by atoms with Crippen molar-refractivity contribution in [3.05, 3.63) is 0 Å². The Bertz CT molecular complexity index is 228. The fraction of sp³-hybridized carbons (Fsp3) is 1.00. The molecule has 0 heterocycles. The average Bonchev–Trinajstić information content (AvgIpc) is 2.26. The van der Waals surface area contributed by atoms with Gasteiger partial charge in [0.2, 0.25) is 0 Å². The summed E-state index contributed by atoms with van der Waals surface area (Å²) < 4.78 is 6.00. The molecule has 1 aliphatic rings. The smallest absolute Gasteiger partial charge is 0.0805 e. The fourth-order valence-electron chi connectivity index (χ4n) is 2.65. The first-order chi connectivity index (χ1) is 7.85. The maximum absolute atomic E-state index is 9.15. The van der Waals surface area contributed by atoms with E-state index in [9.17, 15) is 0 Å². The molecular weight excluding hydrogens is 211 g/mol. The van der Waals surface area contributed by atoms with Crippen LogP contribution in [-0.2, 0) is 4.74 Å². The molecule has 0 saturated heterocycles. The van der Waals surface area contributed by atoms with E-state index in [4.69, 9.17) is 17.7 Å². The summed E-state index contributed by atoms with van der Waals surface area (Å²) in [4.78, 5) is 0. The van der Waals surface area contributed by atoms with E-state index in [1.807, 2.05) is 6.92 Å². The largest absolute Gasteiger partial charge is 0.397 e. The summed E-state index contributed by atoms with van der Waals surface area (Å²) in [5.41, 5.74) is 0. The lowest BCUT2D eigenvalue weighted by Gasteiger charge is -2.38. The van der Waals surface area contributed by atoms with Gasteiger partial charge < -0.3 is 9.84 Å². The van der Waals surface area contributed by atoms with Crippen LogP contribution < -0.4 is 0 Å². The number of hydrogen-bond acceptors (Lipinski definition) is 2. The third kappa shape index (κ3) is 4.63. The van der Waals surface area contributed by atoms with Crippen molar-refractivity contribution in [2.24, 2.45) is 17.8 Å². The summed E-state index contributed by atoms with van der Waals surface area (Å²) in [6.07, 6.45) is 4.00. The van der Waals surface area contributed by atoms with Gasteiger partial charge in [-0.2, -0.15) is 0 Å². The van der Waals surface area contributed by atoms with E-state index >= 15 is 0 Å². The van der Waals surface area contributed by atoms with E-state index in [0.29, 0.717) is 24.5 Å². The van der Waals surface area contributed by atoms with Crippen LogP contribution in [0, 0.1) is 17.8 Å². The van der Waals surface area contributed by atoms with Gasteiger partial charge in [0.1, 0.15) is 0 Å². The third-order valence-electron chi connectivity index (χ3n) is 3.95. The number of hydrogen-bond donors (Lipinski definition) is 1. The van der Waals surface area contributed by atoms with Gasteiger partial charge in [0.05, 0.1) is 14.0 Å². The molecule has 98 valence electrons. The van der Waals surface area contributed by atoms with Gasteiger partial charge in [0.25, 0.3) is 0 Å². The first-order valence-electron chi connectivity index (χ1n) is 6.87. The van der Waals surface area contributed by atoms with E-state index in [1.165, 1.54) is 12.8 Å². The zero-order chi connectivity index (χ0) is 13.1. The lowest BCUT2D eigenvalue weighted by atomic mass is 9.71. The maximum atomic E-state index is 9.15. The Morgan fingerprint density at radius 3 is 2.59 bits per heavy atom. The average molecular weight is 238 g/mol. The Morgan fingerprint density at radius 2 is 2.06 bits per heavy atom. The Morgan fingerprint density at radius 1 is 1.41 bits per heavy atom. The van der Waals surface area contributed by atoms with Crippen molar-refractivity contribution in [2.75, 3.05) is 13.2 Å². The van der Waals surface area contributed by atoms with Crippen LogP contribution >= 0.6 is 0 Å². The van der Waals surface area contributed by atoms with Crippen LogP contribution in [0.5, 0.6) is 0 Å². The van der Waals surface area contributed by atoms with Gasteiger partial charge in [-0.25, -0.2) is 0 Å². The molecule has 17 heavy (non-hydrogen) atoms. The molecule has 0 aliphatic heterocycles. The Balaban J connectivity index is 2.52. The van der Waals surface area contributed by atoms with Crippen LogP contribution in [0.3, 0.4) is 0 Å². The molecule has 0 aromatic heterocycles. The van der Waals surface area contributed by atoms with Crippen LogP contribution in [-0.4, -0.2) is 32.3 Å². The van der Waals surface area contributed by atoms with Crippen molar-refractivity contribution >= 4 is 7.85 Å². The number of aliphatic hydroxyl groups excluding tert-OH is 1. The highest BCUT2D eigenvalue weighted by Crippen LogP contribution is 2.36. The zero-order valence-corrected chi connectivity index (χ0v) is 11.8. The van der Waals surface area contributed by atoms with Gasteiger partial charge >= 0.3 is 0 Å². The summed E-state index contributed by atoms with van der Waals surface area (Å²) in [5.74, 6) is 2.04. The van der Waals surface area contributed by atoms with Crippen molar-refractivity contribution in [1.29, 1.82) is 0 Å². The van der Waals surface area contributed by atoms with E-state index in [0.717, 1.165) is 12.3 Å². The Hall–Kier alpha value is -0.0151. The van der Waals surface area contributed by atoms with E-state index in [-0.39, 0.29) is 6.61 Å². The van der Waals surface area contributed by atoms with Crippen LogP contribution in [0.25, 0.3) is 0 Å². The normalized spacial score (nSPS) is 33.6. The van der Waals surface area contributed by atoms with Gasteiger partial charge in [-0.3, -0.25) is 0 Å². The Labute approximate surface area is 108 Å². The summed E-state index contributed by atoms with van der Waals surface area (Å²) >= 11 is 0. The quantitative estimate of drug-likeness (QED) is 0.746. The second-order valence-corrected chi connectivity index (χ2v) is 6.49. The van der Waals surface area contributed by atoms with Crippen molar-refractivity contribution in [3.8, 4) is 0 Å². The molecule has 0 aromatic rings. The SMILES string of the molecule is [B]C(C)(CO)COC1CC(C)CCC1C(C)C. The van der Waals surface area contributed by atoms with Crippen LogP contribution in [0.15, 0.2) is 0 Å².